The van der Waals surface area contributed by atoms with Crippen LogP contribution >= 0.6 is 0 Å². The van der Waals surface area contributed by atoms with E-state index in [1.54, 1.807) is 0 Å². The first-order valence-corrected chi connectivity index (χ1v) is 8.63. The minimum absolute atomic E-state index is 0.519. The SMILES string of the molecule is Cc1ccccc1CON=Cc1cccc(C2CCCCC2)c1. The standard InChI is InChI=1S/C21H25NO/c1-17-8-5-6-12-21(17)16-23-22-15-18-9-7-13-20(14-18)19-10-3-2-4-11-19/h5-9,12-15,19H,2-4,10-11,16H2,1H3. The van der Waals surface area contributed by atoms with E-state index in [2.05, 4.69) is 48.5 Å². The van der Waals surface area contributed by atoms with Gasteiger partial charge in [-0.25, -0.2) is 0 Å². The Labute approximate surface area is 139 Å². The number of benzene rings is 2. The lowest BCUT2D eigenvalue weighted by Gasteiger charge is -2.22. The highest BCUT2D eigenvalue weighted by atomic mass is 16.6. The number of hydrogen-bond acceptors (Lipinski definition) is 2. The van der Waals surface area contributed by atoms with Gasteiger partial charge in [-0.3, -0.25) is 0 Å². The molecule has 120 valence electrons. The van der Waals surface area contributed by atoms with Crippen LogP contribution < -0.4 is 0 Å². The highest BCUT2D eigenvalue weighted by Crippen LogP contribution is 2.32. The van der Waals surface area contributed by atoms with E-state index in [1.807, 2.05) is 18.3 Å². The van der Waals surface area contributed by atoms with Crippen LogP contribution in [0.4, 0.5) is 0 Å². The Morgan fingerprint density at radius 3 is 2.70 bits per heavy atom. The van der Waals surface area contributed by atoms with E-state index >= 15 is 0 Å². The molecule has 1 aliphatic carbocycles. The summed E-state index contributed by atoms with van der Waals surface area (Å²) in [6, 6.07) is 17.0. The normalized spacial score (nSPS) is 15.9. The summed E-state index contributed by atoms with van der Waals surface area (Å²) < 4.78 is 0. The zero-order valence-corrected chi connectivity index (χ0v) is 13.9. The molecule has 1 saturated carbocycles. The highest BCUT2D eigenvalue weighted by molar-refractivity contribution is 5.79. The second kappa shape index (κ2) is 7.96. The van der Waals surface area contributed by atoms with Crippen molar-refractivity contribution in [1.29, 1.82) is 0 Å². The molecule has 2 nitrogen and oxygen atoms in total. The summed E-state index contributed by atoms with van der Waals surface area (Å²) >= 11 is 0. The third-order valence-electron chi connectivity index (χ3n) is 4.74. The van der Waals surface area contributed by atoms with E-state index in [4.69, 9.17) is 4.84 Å². The van der Waals surface area contributed by atoms with E-state index in [9.17, 15) is 0 Å². The van der Waals surface area contributed by atoms with Gasteiger partial charge in [0.2, 0.25) is 0 Å². The van der Waals surface area contributed by atoms with Crippen LogP contribution in [-0.2, 0) is 11.4 Å². The quantitative estimate of drug-likeness (QED) is 0.521. The maximum Gasteiger partial charge on any atom is 0.142 e. The number of rotatable bonds is 5. The summed E-state index contributed by atoms with van der Waals surface area (Å²) in [6.45, 7) is 2.61. The lowest BCUT2D eigenvalue weighted by molar-refractivity contribution is 0.131. The van der Waals surface area contributed by atoms with Crippen LogP contribution in [0, 0.1) is 6.92 Å². The van der Waals surface area contributed by atoms with Gasteiger partial charge in [0.05, 0.1) is 6.21 Å². The maximum absolute atomic E-state index is 5.46. The molecule has 0 N–H and O–H groups in total. The molecule has 0 saturated heterocycles. The van der Waals surface area contributed by atoms with Gasteiger partial charge in [0.15, 0.2) is 0 Å². The molecule has 1 fully saturated rings. The molecule has 2 aromatic carbocycles. The lowest BCUT2D eigenvalue weighted by atomic mass is 9.84. The second-order valence-corrected chi connectivity index (χ2v) is 6.44. The van der Waals surface area contributed by atoms with Crippen molar-refractivity contribution in [2.75, 3.05) is 0 Å². The molecule has 0 heterocycles. The van der Waals surface area contributed by atoms with Crippen LogP contribution in [0.5, 0.6) is 0 Å². The Bertz CT molecular complexity index is 656. The van der Waals surface area contributed by atoms with Crippen LogP contribution in [0.25, 0.3) is 0 Å². The smallest absolute Gasteiger partial charge is 0.142 e. The van der Waals surface area contributed by atoms with Crippen molar-refractivity contribution in [2.24, 2.45) is 5.16 Å². The molecule has 0 unspecified atom stereocenters. The predicted molar refractivity (Wildman–Crippen MR) is 95.8 cm³/mol. The van der Waals surface area contributed by atoms with Gasteiger partial charge in [0, 0.05) is 0 Å². The third-order valence-corrected chi connectivity index (χ3v) is 4.74. The van der Waals surface area contributed by atoms with Crippen LogP contribution in [-0.4, -0.2) is 6.21 Å². The molecule has 0 amide bonds. The first kappa shape index (κ1) is 15.8. The molecular weight excluding hydrogens is 282 g/mol. The summed E-state index contributed by atoms with van der Waals surface area (Å²) in [6.07, 6.45) is 8.59. The molecule has 3 rings (SSSR count). The highest BCUT2D eigenvalue weighted by Gasteiger charge is 2.15. The van der Waals surface area contributed by atoms with Crippen molar-refractivity contribution in [3.05, 3.63) is 70.8 Å². The Hall–Kier alpha value is -2.09. The molecule has 23 heavy (non-hydrogen) atoms. The Morgan fingerprint density at radius 1 is 1.04 bits per heavy atom. The molecule has 0 radical (unpaired) electrons. The van der Waals surface area contributed by atoms with Gasteiger partial charge in [0.1, 0.15) is 6.61 Å². The molecule has 0 bridgehead atoms. The number of aryl methyl sites for hydroxylation is 1. The number of nitrogens with zero attached hydrogens (tertiary/aromatic N) is 1. The number of oxime groups is 1. The topological polar surface area (TPSA) is 21.6 Å². The second-order valence-electron chi connectivity index (χ2n) is 6.44. The zero-order valence-electron chi connectivity index (χ0n) is 13.9. The molecule has 1 aliphatic rings. The molecule has 0 spiro atoms. The zero-order chi connectivity index (χ0) is 15.9. The minimum atomic E-state index is 0.519. The van der Waals surface area contributed by atoms with Crippen LogP contribution in [0.1, 0.15) is 60.3 Å². The summed E-state index contributed by atoms with van der Waals surface area (Å²) in [7, 11) is 0. The van der Waals surface area contributed by atoms with E-state index in [-0.39, 0.29) is 0 Å². The first-order valence-electron chi connectivity index (χ1n) is 8.63. The van der Waals surface area contributed by atoms with Gasteiger partial charge in [-0.2, -0.15) is 0 Å². The van der Waals surface area contributed by atoms with Crippen molar-refractivity contribution < 1.29 is 4.84 Å². The van der Waals surface area contributed by atoms with E-state index in [0.717, 1.165) is 11.5 Å². The average Bonchev–Trinajstić information content (AvgIpc) is 2.61. The van der Waals surface area contributed by atoms with Gasteiger partial charge >= 0.3 is 0 Å². The fraction of sp³-hybridized carbons (Fsp3) is 0.381. The fourth-order valence-electron chi connectivity index (χ4n) is 3.31. The van der Waals surface area contributed by atoms with E-state index in [1.165, 1.54) is 48.8 Å². The van der Waals surface area contributed by atoms with Crippen LogP contribution in [0.15, 0.2) is 53.7 Å². The summed E-state index contributed by atoms with van der Waals surface area (Å²) in [5.74, 6) is 0.727. The monoisotopic (exact) mass is 307 g/mol. The maximum atomic E-state index is 5.46. The Kier molecular flexibility index (Phi) is 5.46. The molecule has 0 aromatic heterocycles. The average molecular weight is 307 g/mol. The Balaban J connectivity index is 1.58. The van der Waals surface area contributed by atoms with Crippen LogP contribution in [0.2, 0.25) is 0 Å². The lowest BCUT2D eigenvalue weighted by Crippen LogP contribution is -2.04. The van der Waals surface area contributed by atoms with Gasteiger partial charge in [-0.15, -0.1) is 0 Å². The fourth-order valence-corrected chi connectivity index (χ4v) is 3.31. The van der Waals surface area contributed by atoms with E-state index < -0.39 is 0 Å². The van der Waals surface area contributed by atoms with Crippen molar-refractivity contribution in [2.45, 2.75) is 51.6 Å². The first-order chi connectivity index (χ1) is 11.3. The molecule has 0 aliphatic heterocycles. The largest absolute Gasteiger partial charge is 0.391 e. The van der Waals surface area contributed by atoms with Gasteiger partial charge in [-0.1, -0.05) is 66.9 Å². The molecule has 0 atom stereocenters. The van der Waals surface area contributed by atoms with Gasteiger partial charge in [-0.05, 0) is 54.0 Å². The Morgan fingerprint density at radius 2 is 1.87 bits per heavy atom. The predicted octanol–water partition coefficient (Wildman–Crippen LogP) is 5.59. The van der Waals surface area contributed by atoms with Gasteiger partial charge < -0.3 is 4.84 Å². The summed E-state index contributed by atoms with van der Waals surface area (Å²) in [5.41, 5.74) is 4.99. The summed E-state index contributed by atoms with van der Waals surface area (Å²) in [4.78, 5) is 5.46. The van der Waals surface area contributed by atoms with Crippen molar-refractivity contribution in [3.63, 3.8) is 0 Å². The third kappa shape index (κ3) is 4.44. The minimum Gasteiger partial charge on any atom is -0.391 e. The van der Waals surface area contributed by atoms with Crippen molar-refractivity contribution in [1.82, 2.24) is 0 Å². The molecular formula is C21H25NO. The van der Waals surface area contributed by atoms with Crippen molar-refractivity contribution in [3.8, 4) is 0 Å². The molecule has 2 aromatic rings. The molecule has 2 heteroatoms. The van der Waals surface area contributed by atoms with Crippen molar-refractivity contribution >= 4 is 6.21 Å². The van der Waals surface area contributed by atoms with Gasteiger partial charge in [0.25, 0.3) is 0 Å². The van der Waals surface area contributed by atoms with E-state index in [0.29, 0.717) is 6.61 Å². The number of hydrogen-bond donors (Lipinski definition) is 0. The summed E-state index contributed by atoms with van der Waals surface area (Å²) in [5, 5.41) is 4.14. The van der Waals surface area contributed by atoms with Crippen LogP contribution in [0.3, 0.4) is 0 Å².